The van der Waals surface area contributed by atoms with Gasteiger partial charge in [0.2, 0.25) is 0 Å². The van der Waals surface area contributed by atoms with Crippen molar-refractivity contribution in [2.75, 3.05) is 19.5 Å². The van der Waals surface area contributed by atoms with E-state index < -0.39 is 0 Å². The topological polar surface area (TPSA) is 73.6 Å². The van der Waals surface area contributed by atoms with Crippen LogP contribution in [0.2, 0.25) is 5.02 Å². The van der Waals surface area contributed by atoms with E-state index in [0.717, 1.165) is 5.39 Å². The van der Waals surface area contributed by atoms with Crippen molar-refractivity contribution in [3.63, 3.8) is 0 Å². The maximum Gasteiger partial charge on any atom is 0.256 e. The van der Waals surface area contributed by atoms with Crippen LogP contribution in [0.25, 0.3) is 22.4 Å². The number of hydrogen-bond donors (Lipinski definition) is 1. The number of ether oxygens (including phenoxy) is 2. The van der Waals surface area contributed by atoms with Crippen LogP contribution in [0.1, 0.15) is 10.4 Å². The summed E-state index contributed by atoms with van der Waals surface area (Å²) in [7, 11) is 3.01. The number of carbonyl (C=O) groups excluding carboxylic acids is 1. The predicted molar refractivity (Wildman–Crippen MR) is 112 cm³/mol. The van der Waals surface area contributed by atoms with Gasteiger partial charge in [0.05, 0.1) is 42.3 Å². The molecule has 2 aromatic carbocycles. The summed E-state index contributed by atoms with van der Waals surface area (Å²) < 4.78 is 16.1. The highest BCUT2D eigenvalue weighted by molar-refractivity contribution is 6.32. The molecule has 2 heterocycles. The van der Waals surface area contributed by atoms with Crippen LogP contribution in [0, 0.1) is 0 Å². The maximum absolute atomic E-state index is 13.2. The van der Waals surface area contributed by atoms with E-state index in [1.165, 1.54) is 14.2 Å². The molecule has 6 nitrogen and oxygen atoms in total. The average Bonchev–Trinajstić information content (AvgIpc) is 3.28. The Labute approximate surface area is 172 Å². The number of nitrogens with zero attached hydrogens (tertiary/aromatic N) is 1. The Bertz CT molecular complexity index is 1190. The molecule has 0 aliphatic carbocycles. The number of benzene rings is 2. The molecule has 0 unspecified atom stereocenters. The van der Waals surface area contributed by atoms with Gasteiger partial charge in [-0.1, -0.05) is 29.8 Å². The summed E-state index contributed by atoms with van der Waals surface area (Å²) >= 11 is 6.15. The molecule has 1 N–H and O–H groups in total. The Morgan fingerprint density at radius 3 is 2.55 bits per heavy atom. The summed E-state index contributed by atoms with van der Waals surface area (Å²) in [6, 6.07) is 15.9. The fourth-order valence-corrected chi connectivity index (χ4v) is 3.29. The molecule has 0 aliphatic rings. The first-order valence-corrected chi connectivity index (χ1v) is 9.15. The Hall–Kier alpha value is -3.51. The molecule has 1 amide bonds. The van der Waals surface area contributed by atoms with E-state index in [1.54, 1.807) is 36.6 Å². The van der Waals surface area contributed by atoms with Gasteiger partial charge in [-0.2, -0.15) is 0 Å². The molecule has 7 heteroatoms. The van der Waals surface area contributed by atoms with Crippen LogP contribution in [0.4, 0.5) is 5.69 Å². The van der Waals surface area contributed by atoms with E-state index in [1.807, 2.05) is 24.3 Å². The number of hydrogen-bond acceptors (Lipinski definition) is 5. The number of methoxy groups -OCH3 is 2. The third-order valence-corrected chi connectivity index (χ3v) is 4.75. The summed E-state index contributed by atoms with van der Waals surface area (Å²) in [5, 5.41) is 3.99. The number of para-hydroxylation sites is 1. The minimum atomic E-state index is -0.320. The van der Waals surface area contributed by atoms with Gasteiger partial charge >= 0.3 is 0 Å². The van der Waals surface area contributed by atoms with Gasteiger partial charge in [-0.3, -0.25) is 4.79 Å². The Morgan fingerprint density at radius 2 is 1.83 bits per heavy atom. The highest BCUT2D eigenvalue weighted by Crippen LogP contribution is 2.36. The first-order chi connectivity index (χ1) is 14.1. The van der Waals surface area contributed by atoms with Crippen molar-refractivity contribution in [1.29, 1.82) is 0 Å². The van der Waals surface area contributed by atoms with Crippen LogP contribution in [-0.4, -0.2) is 25.1 Å². The molecule has 4 aromatic rings. The number of fused-ring (bicyclic) bond motifs is 1. The standard InChI is InChI=1S/C22H17ClN2O4/c1-27-20-12-18(21(28-2)11-15(20)23)25-22(26)14-10-17(19-8-5-9-29-19)24-16-7-4-3-6-13(14)16/h3-12H,1-2H3,(H,25,26). The number of rotatable bonds is 5. The second kappa shape index (κ2) is 7.85. The van der Waals surface area contributed by atoms with E-state index in [0.29, 0.717) is 44.7 Å². The lowest BCUT2D eigenvalue weighted by Crippen LogP contribution is -2.14. The highest BCUT2D eigenvalue weighted by atomic mass is 35.5. The third-order valence-electron chi connectivity index (χ3n) is 4.46. The van der Waals surface area contributed by atoms with E-state index in [-0.39, 0.29) is 5.91 Å². The minimum Gasteiger partial charge on any atom is -0.495 e. The zero-order valence-corrected chi connectivity index (χ0v) is 16.5. The second-order valence-electron chi connectivity index (χ2n) is 6.19. The second-order valence-corrected chi connectivity index (χ2v) is 6.60. The Morgan fingerprint density at radius 1 is 1.03 bits per heavy atom. The molecule has 29 heavy (non-hydrogen) atoms. The molecule has 0 bridgehead atoms. The summed E-state index contributed by atoms with van der Waals surface area (Å²) in [5.41, 5.74) is 2.16. The summed E-state index contributed by atoms with van der Waals surface area (Å²) in [5.74, 6) is 1.11. The van der Waals surface area contributed by atoms with Crippen molar-refractivity contribution in [3.05, 3.63) is 71.4 Å². The van der Waals surface area contributed by atoms with Gasteiger partial charge in [-0.15, -0.1) is 0 Å². The molecule has 0 atom stereocenters. The maximum atomic E-state index is 13.2. The van der Waals surface area contributed by atoms with Crippen molar-refractivity contribution in [2.24, 2.45) is 0 Å². The van der Waals surface area contributed by atoms with Crippen LogP contribution in [0.5, 0.6) is 11.5 Å². The largest absolute Gasteiger partial charge is 0.495 e. The normalized spacial score (nSPS) is 10.7. The van der Waals surface area contributed by atoms with Crippen molar-refractivity contribution in [3.8, 4) is 23.0 Å². The number of aromatic nitrogens is 1. The number of anilines is 1. The monoisotopic (exact) mass is 408 g/mol. The number of amides is 1. The quantitative estimate of drug-likeness (QED) is 0.477. The van der Waals surface area contributed by atoms with Gasteiger partial charge in [-0.25, -0.2) is 4.98 Å². The summed E-state index contributed by atoms with van der Waals surface area (Å²) in [4.78, 5) is 17.8. The van der Waals surface area contributed by atoms with Crippen LogP contribution < -0.4 is 14.8 Å². The van der Waals surface area contributed by atoms with Gasteiger partial charge in [-0.05, 0) is 24.3 Å². The van der Waals surface area contributed by atoms with Crippen LogP contribution >= 0.6 is 11.6 Å². The zero-order valence-electron chi connectivity index (χ0n) is 15.7. The number of pyridine rings is 1. The summed E-state index contributed by atoms with van der Waals surface area (Å²) in [6.45, 7) is 0. The van der Waals surface area contributed by atoms with Gasteiger partial charge in [0, 0.05) is 17.5 Å². The lowest BCUT2D eigenvalue weighted by atomic mass is 10.1. The SMILES string of the molecule is COc1cc(NC(=O)c2cc(-c3ccco3)nc3ccccc23)c(OC)cc1Cl. The van der Waals surface area contributed by atoms with Crippen LogP contribution in [0.15, 0.2) is 65.3 Å². The first-order valence-electron chi connectivity index (χ1n) is 8.77. The van der Waals surface area contributed by atoms with Crippen LogP contribution in [0.3, 0.4) is 0 Å². The molecule has 0 radical (unpaired) electrons. The van der Waals surface area contributed by atoms with Gasteiger partial charge in [0.1, 0.15) is 17.2 Å². The molecule has 0 saturated carbocycles. The molecule has 0 spiro atoms. The van der Waals surface area contributed by atoms with E-state index in [4.69, 9.17) is 25.5 Å². The molecule has 0 fully saturated rings. The minimum absolute atomic E-state index is 0.320. The smallest absolute Gasteiger partial charge is 0.256 e. The zero-order chi connectivity index (χ0) is 20.4. The molecule has 4 rings (SSSR count). The number of halogens is 1. The molecule has 146 valence electrons. The average molecular weight is 409 g/mol. The molecular weight excluding hydrogens is 392 g/mol. The highest BCUT2D eigenvalue weighted by Gasteiger charge is 2.18. The van der Waals surface area contributed by atoms with Gasteiger partial charge < -0.3 is 19.2 Å². The number of carbonyl (C=O) groups is 1. The molecule has 0 aliphatic heterocycles. The summed E-state index contributed by atoms with van der Waals surface area (Å²) in [6.07, 6.45) is 1.57. The number of nitrogens with one attached hydrogen (secondary N) is 1. The molecule has 2 aromatic heterocycles. The predicted octanol–water partition coefficient (Wildman–Crippen LogP) is 5.42. The van der Waals surface area contributed by atoms with Crippen molar-refractivity contribution in [1.82, 2.24) is 4.98 Å². The lowest BCUT2D eigenvalue weighted by molar-refractivity contribution is 0.102. The fourth-order valence-electron chi connectivity index (χ4n) is 3.06. The Balaban J connectivity index is 1.80. The van der Waals surface area contributed by atoms with E-state index in [2.05, 4.69) is 10.3 Å². The first kappa shape index (κ1) is 18.8. The molecule has 0 saturated heterocycles. The van der Waals surface area contributed by atoms with Crippen LogP contribution in [-0.2, 0) is 0 Å². The Kier molecular flexibility index (Phi) is 5.10. The third kappa shape index (κ3) is 3.62. The van der Waals surface area contributed by atoms with Gasteiger partial charge in [0.15, 0.2) is 5.76 Å². The number of furan rings is 1. The van der Waals surface area contributed by atoms with Crippen molar-refractivity contribution in [2.45, 2.75) is 0 Å². The van der Waals surface area contributed by atoms with Crippen molar-refractivity contribution >= 4 is 34.1 Å². The molecular formula is C22H17ClN2O4. The van der Waals surface area contributed by atoms with Gasteiger partial charge in [0.25, 0.3) is 5.91 Å². The lowest BCUT2D eigenvalue weighted by Gasteiger charge is -2.14. The fraction of sp³-hybridized carbons (Fsp3) is 0.0909. The van der Waals surface area contributed by atoms with E-state index in [9.17, 15) is 4.79 Å². The van der Waals surface area contributed by atoms with Crippen molar-refractivity contribution < 1.29 is 18.7 Å². The van der Waals surface area contributed by atoms with E-state index >= 15 is 0 Å².